The molecule has 1 aliphatic rings. The summed E-state index contributed by atoms with van der Waals surface area (Å²) in [5.41, 5.74) is 1.30. The Bertz CT molecular complexity index is 460. The molecule has 0 aromatic heterocycles. The summed E-state index contributed by atoms with van der Waals surface area (Å²) in [6.07, 6.45) is 0. The fraction of sp³-hybridized carbons (Fsp3) is 0.625. The van der Waals surface area contributed by atoms with E-state index in [4.69, 9.17) is 0 Å². The van der Waals surface area contributed by atoms with E-state index in [-0.39, 0.29) is 0 Å². The van der Waals surface area contributed by atoms with Crippen molar-refractivity contribution < 1.29 is 0 Å². The zero-order valence-corrected chi connectivity index (χ0v) is 15.8. The number of hydrogen-bond donors (Lipinski definition) is 1. The van der Waals surface area contributed by atoms with Gasteiger partial charge in [-0.2, -0.15) is 0 Å². The van der Waals surface area contributed by atoms with Gasteiger partial charge in [-0.15, -0.1) is 0 Å². The zero-order valence-electron chi connectivity index (χ0n) is 12.7. The number of piperazine rings is 1. The predicted molar refractivity (Wildman–Crippen MR) is 94.4 cm³/mol. The van der Waals surface area contributed by atoms with E-state index in [0.29, 0.717) is 23.9 Å². The Balaban J connectivity index is 2.31. The van der Waals surface area contributed by atoms with Gasteiger partial charge < -0.3 is 10.2 Å². The Hall–Kier alpha value is -0.0600. The summed E-state index contributed by atoms with van der Waals surface area (Å²) in [5.74, 6) is 1.28. The lowest BCUT2D eigenvalue weighted by atomic mass is 9.93. The quantitative estimate of drug-likeness (QED) is 0.788. The van der Waals surface area contributed by atoms with E-state index in [1.807, 2.05) is 0 Å². The molecule has 0 bridgehead atoms. The molecule has 0 amide bonds. The summed E-state index contributed by atoms with van der Waals surface area (Å²) in [6, 6.07) is 7.58. The van der Waals surface area contributed by atoms with Crippen LogP contribution >= 0.6 is 31.9 Å². The number of hydrogen-bond acceptors (Lipinski definition) is 2. The van der Waals surface area contributed by atoms with Crippen molar-refractivity contribution in [1.29, 1.82) is 0 Å². The van der Waals surface area contributed by atoms with Gasteiger partial charge in [-0.3, -0.25) is 0 Å². The highest BCUT2D eigenvalue weighted by atomic mass is 79.9. The SMILES string of the molecule is CC(C)C1CN(c2ccc(Br)cc2Br)C(C(C)C)CN1. The van der Waals surface area contributed by atoms with Crippen molar-refractivity contribution in [2.24, 2.45) is 11.8 Å². The highest BCUT2D eigenvalue weighted by molar-refractivity contribution is 9.11. The Kier molecular flexibility index (Phi) is 5.55. The van der Waals surface area contributed by atoms with E-state index >= 15 is 0 Å². The van der Waals surface area contributed by atoms with Gasteiger partial charge in [0.15, 0.2) is 0 Å². The second-order valence-electron chi connectivity index (χ2n) is 6.32. The van der Waals surface area contributed by atoms with Crippen molar-refractivity contribution in [2.75, 3.05) is 18.0 Å². The number of anilines is 1. The molecule has 112 valence electrons. The third-order valence-electron chi connectivity index (χ3n) is 4.18. The van der Waals surface area contributed by atoms with Crippen molar-refractivity contribution in [3.05, 3.63) is 27.1 Å². The van der Waals surface area contributed by atoms with Crippen LogP contribution in [-0.4, -0.2) is 25.2 Å². The standard InChI is InChI=1S/C16H24Br2N2/c1-10(2)14-9-20(16(8-19-14)11(3)4)15-6-5-12(17)7-13(15)18/h5-7,10-11,14,16,19H,8-9H2,1-4H3. The lowest BCUT2D eigenvalue weighted by molar-refractivity contribution is 0.295. The molecule has 0 spiro atoms. The Morgan fingerprint density at radius 1 is 1.15 bits per heavy atom. The number of rotatable bonds is 3. The van der Waals surface area contributed by atoms with Crippen LogP contribution in [0.3, 0.4) is 0 Å². The van der Waals surface area contributed by atoms with Crippen LogP contribution in [0.25, 0.3) is 0 Å². The van der Waals surface area contributed by atoms with Crippen molar-refractivity contribution >= 4 is 37.5 Å². The maximum absolute atomic E-state index is 3.72. The molecule has 2 rings (SSSR count). The molecule has 1 aliphatic heterocycles. The van der Waals surface area contributed by atoms with Crippen LogP contribution < -0.4 is 10.2 Å². The van der Waals surface area contributed by atoms with Gasteiger partial charge in [0.2, 0.25) is 0 Å². The van der Waals surface area contributed by atoms with Crippen LogP contribution in [0.1, 0.15) is 27.7 Å². The first-order valence-corrected chi connectivity index (χ1v) is 8.93. The molecule has 2 unspecified atom stereocenters. The summed E-state index contributed by atoms with van der Waals surface area (Å²) in [7, 11) is 0. The molecule has 0 aliphatic carbocycles. The molecule has 1 N–H and O–H groups in total. The molecule has 1 aromatic carbocycles. The summed E-state index contributed by atoms with van der Waals surface area (Å²) in [5, 5.41) is 3.71. The zero-order chi connectivity index (χ0) is 14.9. The molecule has 0 radical (unpaired) electrons. The molecule has 4 heteroatoms. The first-order chi connectivity index (χ1) is 9.40. The largest absolute Gasteiger partial charge is 0.365 e. The van der Waals surface area contributed by atoms with E-state index in [2.05, 4.69) is 88.0 Å². The van der Waals surface area contributed by atoms with E-state index in [9.17, 15) is 0 Å². The minimum Gasteiger partial charge on any atom is -0.365 e. The van der Waals surface area contributed by atoms with Gasteiger partial charge in [0.1, 0.15) is 0 Å². The van der Waals surface area contributed by atoms with E-state index in [1.54, 1.807) is 0 Å². The van der Waals surface area contributed by atoms with Crippen molar-refractivity contribution in [3.8, 4) is 0 Å². The smallest absolute Gasteiger partial charge is 0.0515 e. The minimum absolute atomic E-state index is 0.544. The lowest BCUT2D eigenvalue weighted by Crippen LogP contribution is -2.60. The van der Waals surface area contributed by atoms with Gasteiger partial charge in [0.25, 0.3) is 0 Å². The van der Waals surface area contributed by atoms with Crippen LogP contribution in [0, 0.1) is 11.8 Å². The van der Waals surface area contributed by atoms with Gasteiger partial charge in [0.05, 0.1) is 5.69 Å². The number of nitrogens with zero attached hydrogens (tertiary/aromatic N) is 1. The number of nitrogens with one attached hydrogen (secondary N) is 1. The second-order valence-corrected chi connectivity index (χ2v) is 8.09. The van der Waals surface area contributed by atoms with Gasteiger partial charge >= 0.3 is 0 Å². The fourth-order valence-corrected chi connectivity index (χ4v) is 4.10. The Morgan fingerprint density at radius 3 is 2.40 bits per heavy atom. The number of benzene rings is 1. The van der Waals surface area contributed by atoms with Crippen molar-refractivity contribution in [2.45, 2.75) is 39.8 Å². The molecule has 1 saturated heterocycles. The monoisotopic (exact) mass is 402 g/mol. The molecule has 1 fully saturated rings. The summed E-state index contributed by atoms with van der Waals surface area (Å²) in [4.78, 5) is 2.57. The minimum atomic E-state index is 0.544. The normalized spacial score (nSPS) is 23.7. The molecular formula is C16H24Br2N2. The molecule has 20 heavy (non-hydrogen) atoms. The maximum Gasteiger partial charge on any atom is 0.0515 e. The third-order valence-corrected chi connectivity index (χ3v) is 5.30. The summed E-state index contributed by atoms with van der Waals surface area (Å²) in [6.45, 7) is 11.3. The first kappa shape index (κ1) is 16.3. The Labute approximate surface area is 139 Å². The molecular weight excluding hydrogens is 380 g/mol. The summed E-state index contributed by atoms with van der Waals surface area (Å²) < 4.78 is 2.28. The molecule has 0 saturated carbocycles. The third kappa shape index (κ3) is 3.58. The van der Waals surface area contributed by atoms with Crippen molar-refractivity contribution in [1.82, 2.24) is 5.32 Å². The van der Waals surface area contributed by atoms with Crippen LogP contribution in [-0.2, 0) is 0 Å². The lowest BCUT2D eigenvalue weighted by Gasteiger charge is -2.45. The van der Waals surface area contributed by atoms with E-state index in [1.165, 1.54) is 10.2 Å². The van der Waals surface area contributed by atoms with Crippen molar-refractivity contribution in [3.63, 3.8) is 0 Å². The van der Waals surface area contributed by atoms with Crippen LogP contribution in [0.15, 0.2) is 27.1 Å². The second kappa shape index (κ2) is 6.80. The topological polar surface area (TPSA) is 15.3 Å². The van der Waals surface area contributed by atoms with E-state index < -0.39 is 0 Å². The van der Waals surface area contributed by atoms with Crippen LogP contribution in [0.2, 0.25) is 0 Å². The van der Waals surface area contributed by atoms with Gasteiger partial charge in [-0.1, -0.05) is 43.6 Å². The Morgan fingerprint density at radius 2 is 1.85 bits per heavy atom. The average Bonchev–Trinajstić information content (AvgIpc) is 2.37. The molecule has 1 heterocycles. The molecule has 1 aromatic rings. The highest BCUT2D eigenvalue weighted by Crippen LogP contribution is 2.33. The van der Waals surface area contributed by atoms with Gasteiger partial charge in [0, 0.05) is 34.1 Å². The molecule has 2 atom stereocenters. The van der Waals surface area contributed by atoms with Gasteiger partial charge in [-0.25, -0.2) is 0 Å². The van der Waals surface area contributed by atoms with Crippen LogP contribution in [0.4, 0.5) is 5.69 Å². The molecule has 2 nitrogen and oxygen atoms in total. The maximum atomic E-state index is 3.72. The van der Waals surface area contributed by atoms with Crippen LogP contribution in [0.5, 0.6) is 0 Å². The van der Waals surface area contributed by atoms with E-state index in [0.717, 1.165) is 17.6 Å². The van der Waals surface area contributed by atoms with Gasteiger partial charge in [-0.05, 0) is 46.0 Å². The highest BCUT2D eigenvalue weighted by Gasteiger charge is 2.32. The fourth-order valence-electron chi connectivity index (χ4n) is 2.83. The number of halogens is 2. The average molecular weight is 404 g/mol. The predicted octanol–water partition coefficient (Wildman–Crippen LogP) is 4.67. The first-order valence-electron chi connectivity index (χ1n) is 7.35. The summed E-state index contributed by atoms with van der Waals surface area (Å²) >= 11 is 7.26.